The van der Waals surface area contributed by atoms with Gasteiger partial charge in [0.1, 0.15) is 22.7 Å². The second-order valence-corrected chi connectivity index (χ2v) is 9.68. The summed E-state index contributed by atoms with van der Waals surface area (Å²) in [6.07, 6.45) is 1.64. The molecule has 1 aromatic heterocycles. The lowest BCUT2D eigenvalue weighted by Crippen LogP contribution is -2.50. The van der Waals surface area contributed by atoms with Crippen LogP contribution in [0.1, 0.15) is 50.3 Å². The molecule has 0 unspecified atom stereocenters. The average molecular weight is 487 g/mol. The molecule has 35 heavy (non-hydrogen) atoms. The van der Waals surface area contributed by atoms with Gasteiger partial charge in [0.2, 0.25) is 5.91 Å². The lowest BCUT2D eigenvalue weighted by Gasteiger charge is -2.34. The number of rotatable bonds is 5. The fourth-order valence-electron chi connectivity index (χ4n) is 4.88. The van der Waals surface area contributed by atoms with E-state index in [9.17, 15) is 14.4 Å². The van der Waals surface area contributed by atoms with Crippen molar-refractivity contribution in [2.75, 3.05) is 39.9 Å². The van der Waals surface area contributed by atoms with Crippen molar-refractivity contribution >= 4 is 23.0 Å². The molecule has 2 aliphatic heterocycles. The molecule has 2 amide bonds. The number of hydrogen-bond acceptors (Lipinski definition) is 7. The topological polar surface area (TPSA) is 98.5 Å². The van der Waals surface area contributed by atoms with Gasteiger partial charge in [-0.3, -0.25) is 4.79 Å². The fraction of sp³-hybridized carbons (Fsp3) is 0.577. The number of ether oxygens (including phenoxy) is 3. The molecule has 0 bridgehead atoms. The first-order valence-corrected chi connectivity index (χ1v) is 12.2. The van der Waals surface area contributed by atoms with Crippen LogP contribution in [0, 0.1) is 6.92 Å². The summed E-state index contributed by atoms with van der Waals surface area (Å²) in [4.78, 5) is 41.1. The minimum Gasteiger partial charge on any atom is -0.496 e. The quantitative estimate of drug-likeness (QED) is 0.597. The third-order valence-corrected chi connectivity index (χ3v) is 6.91. The number of hydrogen-bond donors (Lipinski definition) is 0. The molecule has 0 N–H and O–H groups in total. The van der Waals surface area contributed by atoms with Gasteiger partial charge in [-0.2, -0.15) is 0 Å². The van der Waals surface area contributed by atoms with Crippen LogP contribution in [-0.4, -0.2) is 67.3 Å². The Balaban J connectivity index is 1.53. The number of piperazine rings is 1. The fourth-order valence-corrected chi connectivity index (χ4v) is 4.88. The van der Waals surface area contributed by atoms with E-state index >= 15 is 0 Å². The molecule has 0 spiro atoms. The van der Waals surface area contributed by atoms with Gasteiger partial charge in [0.25, 0.3) is 0 Å². The summed E-state index contributed by atoms with van der Waals surface area (Å²) in [5, 5.41) is 0.750. The molecule has 0 aliphatic carbocycles. The molecular weight excluding hydrogens is 452 g/mol. The number of fused-ring (bicyclic) bond motifs is 3. The van der Waals surface area contributed by atoms with E-state index in [0.717, 1.165) is 29.4 Å². The number of nitrogens with zero attached hydrogens (tertiary/aromatic N) is 2. The van der Waals surface area contributed by atoms with Gasteiger partial charge in [0.05, 0.1) is 19.1 Å². The zero-order chi connectivity index (χ0) is 25.3. The van der Waals surface area contributed by atoms with E-state index < -0.39 is 5.63 Å². The summed E-state index contributed by atoms with van der Waals surface area (Å²) in [5.41, 5.74) is 1.88. The Morgan fingerprint density at radius 1 is 1.14 bits per heavy atom. The van der Waals surface area contributed by atoms with Gasteiger partial charge in [-0.05, 0) is 52.5 Å². The van der Waals surface area contributed by atoms with Crippen molar-refractivity contribution in [3.8, 4) is 11.5 Å². The number of methoxy groups -OCH3 is 1. The number of carbonyl (C=O) groups is 2. The Labute approximate surface area is 204 Å². The Morgan fingerprint density at radius 2 is 1.83 bits per heavy atom. The van der Waals surface area contributed by atoms with Gasteiger partial charge < -0.3 is 28.4 Å². The van der Waals surface area contributed by atoms with Gasteiger partial charge in [0, 0.05) is 49.8 Å². The van der Waals surface area contributed by atoms with Crippen LogP contribution in [-0.2, 0) is 22.4 Å². The summed E-state index contributed by atoms with van der Waals surface area (Å²) in [7, 11) is 1.58. The largest absolute Gasteiger partial charge is 0.496 e. The van der Waals surface area contributed by atoms with E-state index in [0.29, 0.717) is 55.4 Å². The van der Waals surface area contributed by atoms with Crippen molar-refractivity contribution in [2.45, 2.75) is 59.0 Å². The predicted octanol–water partition coefficient (Wildman–Crippen LogP) is 3.45. The van der Waals surface area contributed by atoms with Gasteiger partial charge in [-0.25, -0.2) is 9.59 Å². The second-order valence-electron chi connectivity index (χ2n) is 9.68. The molecule has 0 saturated carbocycles. The van der Waals surface area contributed by atoms with Crippen molar-refractivity contribution in [3.63, 3.8) is 0 Å². The van der Waals surface area contributed by atoms with Crippen LogP contribution in [0.4, 0.5) is 4.79 Å². The third-order valence-electron chi connectivity index (χ3n) is 6.91. The maximum Gasteiger partial charge on any atom is 0.409 e. The van der Waals surface area contributed by atoms with E-state index in [1.807, 2.05) is 26.8 Å². The van der Waals surface area contributed by atoms with E-state index in [1.54, 1.807) is 23.8 Å². The van der Waals surface area contributed by atoms with Gasteiger partial charge in [-0.15, -0.1) is 0 Å². The van der Waals surface area contributed by atoms with Crippen LogP contribution in [0.25, 0.3) is 11.0 Å². The summed E-state index contributed by atoms with van der Waals surface area (Å²) < 4.78 is 22.6. The Kier molecular flexibility index (Phi) is 6.96. The molecule has 2 aliphatic rings. The summed E-state index contributed by atoms with van der Waals surface area (Å²) in [6.45, 7) is 9.78. The minimum atomic E-state index is -0.435. The Hall–Kier alpha value is -3.23. The highest BCUT2D eigenvalue weighted by molar-refractivity contribution is 5.92. The van der Waals surface area contributed by atoms with Gasteiger partial charge >= 0.3 is 11.7 Å². The first-order valence-electron chi connectivity index (χ1n) is 12.2. The molecule has 1 saturated heterocycles. The molecule has 9 heteroatoms. The highest BCUT2D eigenvalue weighted by atomic mass is 16.6. The standard InChI is InChI=1S/C26H34N2O7/c1-6-33-25(31)28-13-11-27(12-14-28)21(29)8-7-17-16(2)22-20(32-5)15-19-18(23(22)34-24(17)30)9-10-26(3,4)35-19/h15H,6-14H2,1-5H3. The molecule has 1 aromatic carbocycles. The van der Waals surface area contributed by atoms with E-state index in [-0.39, 0.29) is 30.4 Å². The van der Waals surface area contributed by atoms with Gasteiger partial charge in [0.15, 0.2) is 0 Å². The van der Waals surface area contributed by atoms with Crippen molar-refractivity contribution in [3.05, 3.63) is 33.2 Å². The molecular formula is C26H34N2O7. The van der Waals surface area contributed by atoms with Crippen LogP contribution in [0.2, 0.25) is 0 Å². The zero-order valence-corrected chi connectivity index (χ0v) is 21.2. The van der Waals surface area contributed by atoms with Crippen LogP contribution >= 0.6 is 0 Å². The molecule has 1 fully saturated rings. The highest BCUT2D eigenvalue weighted by Crippen LogP contribution is 2.43. The smallest absolute Gasteiger partial charge is 0.409 e. The Morgan fingerprint density at radius 3 is 2.49 bits per heavy atom. The zero-order valence-electron chi connectivity index (χ0n) is 21.2. The highest BCUT2D eigenvalue weighted by Gasteiger charge is 2.31. The lowest BCUT2D eigenvalue weighted by atomic mass is 9.91. The van der Waals surface area contributed by atoms with Crippen LogP contribution in [0.5, 0.6) is 11.5 Å². The molecule has 2 aromatic rings. The first kappa shape index (κ1) is 24.9. The maximum atomic E-state index is 13.0. The predicted molar refractivity (Wildman–Crippen MR) is 130 cm³/mol. The Bertz CT molecular complexity index is 1190. The van der Waals surface area contributed by atoms with Crippen LogP contribution in [0.15, 0.2) is 15.3 Å². The van der Waals surface area contributed by atoms with Crippen molar-refractivity contribution in [2.24, 2.45) is 0 Å². The summed E-state index contributed by atoms with van der Waals surface area (Å²) in [6, 6.07) is 1.86. The monoisotopic (exact) mass is 486 g/mol. The van der Waals surface area contributed by atoms with Crippen molar-refractivity contribution < 1.29 is 28.2 Å². The average Bonchev–Trinajstić information content (AvgIpc) is 2.82. The summed E-state index contributed by atoms with van der Waals surface area (Å²) in [5.74, 6) is 1.21. The van der Waals surface area contributed by atoms with Crippen LogP contribution < -0.4 is 15.1 Å². The first-order chi connectivity index (χ1) is 16.6. The third kappa shape index (κ3) is 4.94. The number of amides is 2. The van der Waals surface area contributed by atoms with E-state index in [1.165, 1.54) is 0 Å². The second kappa shape index (κ2) is 9.79. The van der Waals surface area contributed by atoms with E-state index in [4.69, 9.17) is 18.6 Å². The van der Waals surface area contributed by atoms with Crippen molar-refractivity contribution in [1.29, 1.82) is 0 Å². The SMILES string of the molecule is CCOC(=O)N1CCN(C(=O)CCc2c(C)c3c(OC)cc4c(c3oc2=O)CCC(C)(C)O4)CC1. The molecule has 190 valence electrons. The minimum absolute atomic E-state index is 0.0551. The van der Waals surface area contributed by atoms with E-state index in [2.05, 4.69) is 0 Å². The van der Waals surface area contributed by atoms with Crippen molar-refractivity contribution in [1.82, 2.24) is 9.80 Å². The number of benzene rings is 1. The molecule has 0 atom stereocenters. The number of carbonyl (C=O) groups excluding carboxylic acids is 2. The molecule has 4 rings (SSSR count). The molecule has 3 heterocycles. The number of aryl methyl sites for hydroxylation is 2. The lowest BCUT2D eigenvalue weighted by molar-refractivity contribution is -0.132. The van der Waals surface area contributed by atoms with Crippen LogP contribution in [0.3, 0.4) is 0 Å². The maximum absolute atomic E-state index is 13.0. The normalized spacial score (nSPS) is 17.1. The molecule has 9 nitrogen and oxygen atoms in total. The summed E-state index contributed by atoms with van der Waals surface area (Å²) >= 11 is 0. The van der Waals surface area contributed by atoms with Gasteiger partial charge in [-0.1, -0.05) is 0 Å². The molecule has 0 radical (unpaired) electrons.